The number of carboxylic acids is 1. The fourth-order valence-corrected chi connectivity index (χ4v) is 6.17. The molecule has 2 aliphatic rings. The first-order valence-corrected chi connectivity index (χ1v) is 17.4. The number of carbonyl (C=O) groups is 2. The van der Waals surface area contributed by atoms with E-state index >= 15 is 0 Å². The number of aromatic nitrogens is 2. The summed E-state index contributed by atoms with van der Waals surface area (Å²) >= 11 is 0. The second-order valence-electron chi connectivity index (χ2n) is 14.2. The number of hydrogen-bond donors (Lipinski definition) is 1. The molecule has 2 unspecified atom stereocenters. The summed E-state index contributed by atoms with van der Waals surface area (Å²) in [5.41, 5.74) is 0.0552. The van der Waals surface area contributed by atoms with Crippen LogP contribution in [0.3, 0.4) is 0 Å². The second-order valence-corrected chi connectivity index (χ2v) is 14.2. The highest BCUT2D eigenvalue weighted by atomic mass is 19.1. The highest BCUT2D eigenvalue weighted by molar-refractivity contribution is 5.74. The third-order valence-electron chi connectivity index (χ3n) is 9.18. The van der Waals surface area contributed by atoms with E-state index in [0.717, 1.165) is 4.57 Å². The second kappa shape index (κ2) is 18.1. The van der Waals surface area contributed by atoms with Crippen molar-refractivity contribution in [3.05, 3.63) is 67.0 Å². The monoisotopic (exact) mass is 712 g/mol. The smallest absolute Gasteiger partial charge is 0.329 e. The molecule has 14 heteroatoms. The van der Waals surface area contributed by atoms with Gasteiger partial charge in [-0.1, -0.05) is 27.7 Å². The molecule has 2 saturated heterocycles. The van der Waals surface area contributed by atoms with Gasteiger partial charge in [0.05, 0.1) is 6.61 Å². The summed E-state index contributed by atoms with van der Waals surface area (Å²) < 4.78 is 61.9. The lowest BCUT2D eigenvalue weighted by Crippen LogP contribution is -2.49. The van der Waals surface area contributed by atoms with Crippen LogP contribution in [0.15, 0.2) is 22.0 Å². The molecular weight excluding hydrogens is 660 g/mol. The number of esters is 1. The van der Waals surface area contributed by atoms with Crippen LogP contribution in [0.1, 0.15) is 81.8 Å². The molecule has 10 nitrogen and oxygen atoms in total. The van der Waals surface area contributed by atoms with Gasteiger partial charge in [0.2, 0.25) is 0 Å². The Morgan fingerprint density at radius 1 is 0.780 bits per heavy atom. The number of carbonyl (C=O) groups excluding carboxylic acids is 1. The molecule has 2 aromatic rings. The fraction of sp³-hybridized carbons (Fsp3) is 0.667. The zero-order valence-electron chi connectivity index (χ0n) is 30.2. The number of hydrogen-bond acceptors (Lipinski definition) is 7. The van der Waals surface area contributed by atoms with E-state index in [1.165, 1.54) is 17.7 Å². The van der Waals surface area contributed by atoms with Gasteiger partial charge in [-0.2, -0.15) is 0 Å². The molecule has 0 aromatic carbocycles. The number of carboxylic acid groups (broad SMARTS) is 1. The molecular formula is C36H52F4N4O6. The predicted molar refractivity (Wildman–Crippen MR) is 182 cm³/mol. The molecule has 2 aromatic heterocycles. The van der Waals surface area contributed by atoms with Gasteiger partial charge >= 0.3 is 11.9 Å². The first-order valence-electron chi connectivity index (χ1n) is 17.4. The molecule has 0 spiro atoms. The molecule has 0 saturated carbocycles. The topological polar surface area (TPSA) is 114 Å². The summed E-state index contributed by atoms with van der Waals surface area (Å²) in [7, 11) is 0. The normalized spacial score (nSPS) is 16.8. The molecule has 1 N–H and O–H groups in total. The number of aliphatic carboxylic acids is 1. The van der Waals surface area contributed by atoms with E-state index in [2.05, 4.69) is 0 Å². The van der Waals surface area contributed by atoms with Gasteiger partial charge in [-0.05, 0) is 80.5 Å². The van der Waals surface area contributed by atoms with Crippen LogP contribution in [0.4, 0.5) is 17.6 Å². The Balaban J connectivity index is 0.000000271. The van der Waals surface area contributed by atoms with Crippen LogP contribution in [0, 0.1) is 37.3 Å². The summed E-state index contributed by atoms with van der Waals surface area (Å²) in [6.45, 7) is 15.2. The molecule has 50 heavy (non-hydrogen) atoms. The first-order chi connectivity index (χ1) is 23.4. The molecule has 0 amide bonds. The molecule has 0 bridgehead atoms. The lowest BCUT2D eigenvalue weighted by Gasteiger charge is -2.34. The number of nitrogens with zero attached hydrogens (tertiary/aromatic N) is 4. The molecule has 280 valence electrons. The molecule has 2 atom stereocenters. The van der Waals surface area contributed by atoms with Crippen LogP contribution in [0.5, 0.6) is 0 Å². The Morgan fingerprint density at radius 2 is 1.16 bits per heavy atom. The van der Waals surface area contributed by atoms with Crippen LogP contribution in [-0.4, -0.2) is 94.2 Å². The summed E-state index contributed by atoms with van der Waals surface area (Å²) in [6.07, 6.45) is 2.99. The van der Waals surface area contributed by atoms with Crippen LogP contribution in [0.2, 0.25) is 0 Å². The number of pyridine rings is 2. The van der Waals surface area contributed by atoms with Crippen molar-refractivity contribution in [2.24, 2.45) is 11.8 Å². The van der Waals surface area contributed by atoms with Crippen molar-refractivity contribution < 1.29 is 37.0 Å². The van der Waals surface area contributed by atoms with Gasteiger partial charge in [-0.25, -0.2) is 27.2 Å². The molecule has 0 radical (unpaired) electrons. The summed E-state index contributed by atoms with van der Waals surface area (Å²) in [5.74, 6) is -3.24. The number of alkyl halides is 2. The van der Waals surface area contributed by atoms with Crippen LogP contribution in [-0.2, 0) is 27.2 Å². The zero-order valence-corrected chi connectivity index (χ0v) is 30.2. The third kappa shape index (κ3) is 10.5. The maximum absolute atomic E-state index is 14.5. The van der Waals surface area contributed by atoms with E-state index < -0.39 is 59.1 Å². The van der Waals surface area contributed by atoms with Crippen LogP contribution < -0.4 is 11.1 Å². The largest absolute Gasteiger partial charge is 0.480 e. The predicted octanol–water partition coefficient (Wildman–Crippen LogP) is 4.81. The number of rotatable bonds is 15. The average molecular weight is 713 g/mol. The van der Waals surface area contributed by atoms with Gasteiger partial charge in [0.15, 0.2) is 11.6 Å². The first kappa shape index (κ1) is 40.9. The van der Waals surface area contributed by atoms with Crippen LogP contribution >= 0.6 is 0 Å². The van der Waals surface area contributed by atoms with Crippen molar-refractivity contribution in [1.29, 1.82) is 0 Å². The minimum absolute atomic E-state index is 0.0494. The Hall–Kier alpha value is -3.52. The van der Waals surface area contributed by atoms with Gasteiger partial charge in [0.25, 0.3) is 11.1 Å². The van der Waals surface area contributed by atoms with Crippen molar-refractivity contribution in [1.82, 2.24) is 18.9 Å². The number of ether oxygens (including phenoxy) is 1. The number of halogens is 4. The van der Waals surface area contributed by atoms with Crippen LogP contribution in [0.25, 0.3) is 0 Å². The van der Waals surface area contributed by atoms with Crippen molar-refractivity contribution in [2.45, 2.75) is 98.6 Å². The molecule has 4 rings (SSSR count). The number of likely N-dealkylation sites (tertiary alicyclic amines) is 2. The SMILES string of the molecule is CCOC(=O)C(CC(C)C)n1cc(CCN2CC(F)C2)c(C)c(F)c1=O.Cc1c(CCN2CC(F)C2)cn(C(CC(C)C)C(=O)O)c(=O)c1F. The van der Waals surface area contributed by atoms with E-state index in [1.54, 1.807) is 20.0 Å². The Bertz CT molecular complexity index is 1600. The van der Waals surface area contributed by atoms with E-state index in [1.807, 2.05) is 37.5 Å². The lowest BCUT2D eigenvalue weighted by molar-refractivity contribution is -0.148. The van der Waals surface area contributed by atoms with Crippen molar-refractivity contribution in [2.75, 3.05) is 45.9 Å². The minimum atomic E-state index is -1.15. The lowest BCUT2D eigenvalue weighted by atomic mass is 10.0. The standard InChI is InChI=1S/C19H28F2N2O3.C17H24F2N2O3/c1-5-26-19(25)16(8-12(2)3)23-9-14(13(4)17(21)18(23)24)6-7-22-10-15(20)11-22;1-10(2)6-14(17(23)24)21-7-12(11(3)15(19)16(21)22)4-5-20-8-13(18)9-20/h9,12,15-16H,5-8,10-11H2,1-4H3;7,10,13-14H,4-6,8-9H2,1-3H3,(H,23,24). The highest BCUT2D eigenvalue weighted by Gasteiger charge is 2.30. The summed E-state index contributed by atoms with van der Waals surface area (Å²) in [4.78, 5) is 52.3. The maximum atomic E-state index is 14.5. The van der Waals surface area contributed by atoms with E-state index in [4.69, 9.17) is 4.74 Å². The molecule has 2 fully saturated rings. The molecule has 4 heterocycles. The highest BCUT2D eigenvalue weighted by Crippen LogP contribution is 2.23. The Morgan fingerprint density at radius 3 is 1.50 bits per heavy atom. The summed E-state index contributed by atoms with van der Waals surface area (Å²) in [6, 6.07) is -1.94. The fourth-order valence-electron chi connectivity index (χ4n) is 6.17. The molecule has 0 aliphatic carbocycles. The van der Waals surface area contributed by atoms with E-state index in [-0.39, 0.29) is 36.0 Å². The van der Waals surface area contributed by atoms with Gasteiger partial charge in [-0.15, -0.1) is 0 Å². The molecule has 2 aliphatic heterocycles. The average Bonchev–Trinajstić information content (AvgIpc) is 3.01. The quantitative estimate of drug-likeness (QED) is 0.207. The van der Waals surface area contributed by atoms with Gasteiger partial charge in [-0.3, -0.25) is 28.5 Å². The van der Waals surface area contributed by atoms with Gasteiger partial charge in [0.1, 0.15) is 24.4 Å². The summed E-state index contributed by atoms with van der Waals surface area (Å²) in [5, 5.41) is 9.41. The van der Waals surface area contributed by atoms with Crippen molar-refractivity contribution in [3.63, 3.8) is 0 Å². The minimum Gasteiger partial charge on any atom is -0.480 e. The van der Waals surface area contributed by atoms with E-state index in [0.29, 0.717) is 69.7 Å². The van der Waals surface area contributed by atoms with Gasteiger partial charge in [0, 0.05) is 51.7 Å². The maximum Gasteiger partial charge on any atom is 0.329 e. The van der Waals surface area contributed by atoms with Gasteiger partial charge < -0.3 is 9.84 Å². The third-order valence-corrected chi connectivity index (χ3v) is 9.18. The van der Waals surface area contributed by atoms with Crippen molar-refractivity contribution in [3.8, 4) is 0 Å². The van der Waals surface area contributed by atoms with E-state index in [9.17, 15) is 41.8 Å². The Labute approximate surface area is 291 Å². The Kier molecular flexibility index (Phi) is 14.8. The zero-order chi connectivity index (χ0) is 37.4. The van der Waals surface area contributed by atoms with Crippen molar-refractivity contribution >= 4 is 11.9 Å².